The summed E-state index contributed by atoms with van der Waals surface area (Å²) in [6, 6.07) is 9.71. The van der Waals surface area contributed by atoms with Crippen LogP contribution < -0.4 is 4.74 Å². The van der Waals surface area contributed by atoms with Crippen LogP contribution in [0.15, 0.2) is 40.9 Å². The normalized spacial score (nSPS) is 21.2. The van der Waals surface area contributed by atoms with Gasteiger partial charge in [-0.15, -0.1) is 0 Å². The minimum Gasteiger partial charge on any atom is -0.485 e. The fourth-order valence-corrected chi connectivity index (χ4v) is 2.77. The van der Waals surface area contributed by atoms with Crippen LogP contribution in [0.4, 0.5) is 4.39 Å². The lowest BCUT2D eigenvalue weighted by Gasteiger charge is -2.30. The zero-order chi connectivity index (χ0) is 14.3. The SMILES string of the molecule is O[C@H]1CC(c2ccc(Br)c(Cl)c2)Oc2ccc(F)cc21. The van der Waals surface area contributed by atoms with Crippen molar-refractivity contribution in [2.24, 2.45) is 0 Å². The maximum Gasteiger partial charge on any atom is 0.127 e. The third-order valence-electron chi connectivity index (χ3n) is 3.35. The monoisotopic (exact) mass is 356 g/mol. The first-order valence-corrected chi connectivity index (χ1v) is 7.31. The van der Waals surface area contributed by atoms with E-state index in [-0.39, 0.29) is 11.9 Å². The molecule has 0 fully saturated rings. The molecule has 0 saturated carbocycles. The minimum absolute atomic E-state index is 0.298. The van der Waals surface area contributed by atoms with Gasteiger partial charge in [0, 0.05) is 16.5 Å². The molecule has 3 rings (SSSR count). The second-order valence-corrected chi connectivity index (χ2v) is 5.98. The molecule has 2 aromatic rings. The van der Waals surface area contributed by atoms with Gasteiger partial charge in [0.2, 0.25) is 0 Å². The molecule has 0 aromatic heterocycles. The number of halogens is 3. The Labute approximate surface area is 129 Å². The largest absolute Gasteiger partial charge is 0.485 e. The van der Waals surface area contributed by atoms with Crippen molar-refractivity contribution in [3.8, 4) is 5.75 Å². The molecule has 20 heavy (non-hydrogen) atoms. The first-order chi connectivity index (χ1) is 9.54. The summed E-state index contributed by atoms with van der Waals surface area (Å²) in [5.41, 5.74) is 1.37. The average Bonchev–Trinajstić information content (AvgIpc) is 2.42. The van der Waals surface area contributed by atoms with Crippen LogP contribution in [0.25, 0.3) is 0 Å². The lowest BCUT2D eigenvalue weighted by atomic mass is 9.95. The number of ether oxygens (including phenoxy) is 1. The van der Waals surface area contributed by atoms with E-state index < -0.39 is 6.10 Å². The fourth-order valence-electron chi connectivity index (χ4n) is 2.33. The van der Waals surface area contributed by atoms with Gasteiger partial charge in [0.25, 0.3) is 0 Å². The highest BCUT2D eigenvalue weighted by Gasteiger charge is 2.28. The van der Waals surface area contributed by atoms with Gasteiger partial charge < -0.3 is 9.84 Å². The molecule has 2 aromatic carbocycles. The van der Waals surface area contributed by atoms with Crippen molar-refractivity contribution in [1.29, 1.82) is 0 Å². The molecule has 0 spiro atoms. The summed E-state index contributed by atoms with van der Waals surface area (Å²) in [7, 11) is 0. The molecule has 1 N–H and O–H groups in total. The summed E-state index contributed by atoms with van der Waals surface area (Å²) < 4.78 is 19.8. The van der Waals surface area contributed by atoms with Crippen molar-refractivity contribution in [2.45, 2.75) is 18.6 Å². The van der Waals surface area contributed by atoms with E-state index in [1.54, 1.807) is 12.1 Å². The molecule has 104 valence electrons. The van der Waals surface area contributed by atoms with Crippen molar-refractivity contribution >= 4 is 27.5 Å². The number of hydrogen-bond donors (Lipinski definition) is 1. The second-order valence-electron chi connectivity index (χ2n) is 4.71. The Balaban J connectivity index is 1.94. The topological polar surface area (TPSA) is 29.5 Å². The first-order valence-electron chi connectivity index (χ1n) is 6.13. The van der Waals surface area contributed by atoms with Gasteiger partial charge in [0.05, 0.1) is 11.1 Å². The third-order valence-corrected chi connectivity index (χ3v) is 4.59. The van der Waals surface area contributed by atoms with Gasteiger partial charge in [-0.25, -0.2) is 4.39 Å². The molecule has 0 saturated heterocycles. The molecule has 0 amide bonds. The molecule has 2 nitrogen and oxygen atoms in total. The molecule has 5 heteroatoms. The molecule has 2 atom stereocenters. The van der Waals surface area contributed by atoms with Crippen LogP contribution in [-0.4, -0.2) is 5.11 Å². The van der Waals surface area contributed by atoms with Crippen LogP contribution >= 0.6 is 27.5 Å². The van der Waals surface area contributed by atoms with Gasteiger partial charge >= 0.3 is 0 Å². The Hall–Kier alpha value is -1.10. The Kier molecular flexibility index (Phi) is 3.71. The highest BCUT2D eigenvalue weighted by Crippen LogP contribution is 2.41. The summed E-state index contributed by atoms with van der Waals surface area (Å²) in [5.74, 6) is 0.130. The van der Waals surface area contributed by atoms with E-state index in [1.165, 1.54) is 12.1 Å². The lowest BCUT2D eigenvalue weighted by Crippen LogP contribution is -2.19. The number of aliphatic hydroxyl groups is 1. The van der Waals surface area contributed by atoms with E-state index in [2.05, 4.69) is 15.9 Å². The standard InChI is InChI=1S/C15H11BrClFO2/c16-11-3-1-8(5-12(11)17)15-7-13(19)10-6-9(18)2-4-14(10)20-15/h1-6,13,15,19H,7H2/t13-,15?/m0/s1. The highest BCUT2D eigenvalue weighted by atomic mass is 79.9. The van der Waals surface area contributed by atoms with E-state index in [4.69, 9.17) is 16.3 Å². The number of aliphatic hydroxyl groups excluding tert-OH is 1. The maximum absolute atomic E-state index is 13.2. The van der Waals surface area contributed by atoms with Crippen LogP contribution in [0.2, 0.25) is 5.02 Å². The molecule has 1 unspecified atom stereocenters. The van der Waals surface area contributed by atoms with E-state index in [0.717, 1.165) is 10.0 Å². The average molecular weight is 358 g/mol. The molecular weight excluding hydrogens is 347 g/mol. The van der Waals surface area contributed by atoms with E-state index in [9.17, 15) is 9.50 Å². The quantitative estimate of drug-likeness (QED) is 0.794. The number of rotatable bonds is 1. The van der Waals surface area contributed by atoms with Gasteiger partial charge in [0.1, 0.15) is 17.7 Å². The highest BCUT2D eigenvalue weighted by molar-refractivity contribution is 9.10. The van der Waals surface area contributed by atoms with Crippen molar-refractivity contribution < 1.29 is 14.2 Å². The van der Waals surface area contributed by atoms with Crippen LogP contribution in [0.1, 0.15) is 29.8 Å². The Morgan fingerprint density at radius 2 is 2.05 bits per heavy atom. The van der Waals surface area contributed by atoms with E-state index >= 15 is 0 Å². The molecule has 1 aliphatic rings. The van der Waals surface area contributed by atoms with Crippen LogP contribution in [0.5, 0.6) is 5.75 Å². The molecule has 1 aliphatic heterocycles. The fraction of sp³-hybridized carbons (Fsp3) is 0.200. The van der Waals surface area contributed by atoms with Gasteiger partial charge in [-0.1, -0.05) is 17.7 Å². The Bertz CT molecular complexity index is 662. The summed E-state index contributed by atoms with van der Waals surface area (Å²) in [5, 5.41) is 10.7. The summed E-state index contributed by atoms with van der Waals surface area (Å²) >= 11 is 9.41. The molecule has 0 bridgehead atoms. The van der Waals surface area contributed by atoms with Gasteiger partial charge in [0.15, 0.2) is 0 Å². The Morgan fingerprint density at radius 3 is 2.80 bits per heavy atom. The zero-order valence-electron chi connectivity index (χ0n) is 10.3. The van der Waals surface area contributed by atoms with Gasteiger partial charge in [-0.05, 0) is 51.8 Å². The predicted octanol–water partition coefficient (Wildman–Crippen LogP) is 4.80. The minimum atomic E-state index is -0.748. The molecular formula is C15H11BrClFO2. The van der Waals surface area contributed by atoms with Crippen molar-refractivity contribution in [3.05, 3.63) is 62.8 Å². The Morgan fingerprint density at radius 1 is 1.25 bits per heavy atom. The summed E-state index contributed by atoms with van der Waals surface area (Å²) in [6.07, 6.45) is -0.676. The smallest absolute Gasteiger partial charge is 0.127 e. The number of fused-ring (bicyclic) bond motifs is 1. The molecule has 0 radical (unpaired) electrons. The molecule has 0 aliphatic carbocycles. The van der Waals surface area contributed by atoms with Crippen molar-refractivity contribution in [1.82, 2.24) is 0 Å². The maximum atomic E-state index is 13.2. The van der Waals surface area contributed by atoms with E-state index in [0.29, 0.717) is 22.8 Å². The lowest BCUT2D eigenvalue weighted by molar-refractivity contribution is 0.0653. The van der Waals surface area contributed by atoms with Crippen LogP contribution in [0.3, 0.4) is 0 Å². The molecule has 1 heterocycles. The first kappa shape index (κ1) is 13.9. The van der Waals surface area contributed by atoms with Crippen molar-refractivity contribution in [3.63, 3.8) is 0 Å². The van der Waals surface area contributed by atoms with Crippen LogP contribution in [0, 0.1) is 5.82 Å². The number of benzene rings is 2. The van der Waals surface area contributed by atoms with Gasteiger partial charge in [-0.3, -0.25) is 0 Å². The zero-order valence-corrected chi connectivity index (χ0v) is 12.7. The number of hydrogen-bond acceptors (Lipinski definition) is 2. The van der Waals surface area contributed by atoms with E-state index in [1.807, 2.05) is 12.1 Å². The summed E-state index contributed by atoms with van der Waals surface area (Å²) in [4.78, 5) is 0. The van der Waals surface area contributed by atoms with Crippen LogP contribution in [-0.2, 0) is 0 Å². The van der Waals surface area contributed by atoms with Crippen molar-refractivity contribution in [2.75, 3.05) is 0 Å². The predicted molar refractivity (Wildman–Crippen MR) is 78.5 cm³/mol. The second kappa shape index (κ2) is 5.35. The van der Waals surface area contributed by atoms with Gasteiger partial charge in [-0.2, -0.15) is 0 Å². The third kappa shape index (κ3) is 2.55. The summed E-state index contributed by atoms with van der Waals surface area (Å²) in [6.45, 7) is 0.